The molecule has 3 nitrogen and oxygen atoms in total. The van der Waals surface area contributed by atoms with E-state index in [9.17, 15) is 9.59 Å². The second-order valence-electron chi connectivity index (χ2n) is 6.00. The van der Waals surface area contributed by atoms with Gasteiger partial charge in [0.2, 0.25) is 0 Å². The third-order valence-electron chi connectivity index (χ3n) is 4.77. The first-order chi connectivity index (χ1) is 10.7. The highest BCUT2D eigenvalue weighted by atomic mass is 16.6. The van der Waals surface area contributed by atoms with Crippen molar-refractivity contribution in [2.75, 3.05) is 0 Å². The van der Waals surface area contributed by atoms with Crippen molar-refractivity contribution in [3.8, 4) is 0 Å². The second-order valence-corrected chi connectivity index (χ2v) is 6.00. The van der Waals surface area contributed by atoms with E-state index in [2.05, 4.69) is 6.92 Å². The molecule has 1 aliphatic rings. The molecule has 0 N–H and O–H groups in total. The van der Waals surface area contributed by atoms with Crippen LogP contribution in [0.2, 0.25) is 0 Å². The molecular weight excluding hydrogens is 276 g/mol. The summed E-state index contributed by atoms with van der Waals surface area (Å²) in [6.07, 6.45) is 5.79. The highest BCUT2D eigenvalue weighted by Crippen LogP contribution is 2.37. The molecule has 114 valence electrons. The Labute approximate surface area is 130 Å². The Morgan fingerprint density at radius 2 is 1.82 bits per heavy atom. The lowest BCUT2D eigenvalue weighted by molar-refractivity contribution is -0.0170. The van der Waals surface area contributed by atoms with Gasteiger partial charge in [0, 0.05) is 5.56 Å². The molecule has 0 saturated heterocycles. The molecule has 0 heterocycles. The molecule has 2 aromatic rings. The molecule has 0 radical (unpaired) electrons. The minimum absolute atomic E-state index is 0.280. The van der Waals surface area contributed by atoms with E-state index in [1.165, 1.54) is 0 Å². The Kier molecular flexibility index (Phi) is 3.97. The number of hydrogen-bond acceptors (Lipinski definition) is 3. The van der Waals surface area contributed by atoms with Gasteiger partial charge in [-0.3, -0.25) is 4.79 Å². The number of fused-ring (bicyclic) bond motifs is 1. The number of rotatable bonds is 4. The van der Waals surface area contributed by atoms with Gasteiger partial charge in [0.15, 0.2) is 6.29 Å². The molecule has 0 spiro atoms. The monoisotopic (exact) mass is 296 g/mol. The molecule has 3 rings (SSSR count). The number of benzene rings is 2. The summed E-state index contributed by atoms with van der Waals surface area (Å²) >= 11 is 0. The highest BCUT2D eigenvalue weighted by Gasteiger charge is 2.36. The number of esters is 1. The minimum atomic E-state index is -0.304. The van der Waals surface area contributed by atoms with Gasteiger partial charge in [0.25, 0.3) is 0 Å². The molecule has 22 heavy (non-hydrogen) atoms. The smallest absolute Gasteiger partial charge is 0.339 e. The average molecular weight is 296 g/mol. The van der Waals surface area contributed by atoms with Gasteiger partial charge in [-0.05, 0) is 48.9 Å². The maximum absolute atomic E-state index is 12.7. The maximum Gasteiger partial charge on any atom is 0.339 e. The van der Waals surface area contributed by atoms with Crippen LogP contribution in [-0.2, 0) is 4.74 Å². The van der Waals surface area contributed by atoms with Crippen molar-refractivity contribution in [1.29, 1.82) is 0 Å². The number of aldehydes is 1. The summed E-state index contributed by atoms with van der Waals surface area (Å²) in [5, 5.41) is 1.57. The van der Waals surface area contributed by atoms with Gasteiger partial charge in [0.1, 0.15) is 5.60 Å². The summed E-state index contributed by atoms with van der Waals surface area (Å²) < 4.78 is 5.89. The fourth-order valence-electron chi connectivity index (χ4n) is 3.40. The standard InChI is InChI=1S/C19H20O3/c1-2-19(11-5-6-12-19)22-18(21)17-10-9-14(13-20)15-7-3-4-8-16(15)17/h3-4,7-10,13H,2,5-6,11-12H2,1H3. The Balaban J connectivity index is 1.99. The van der Waals surface area contributed by atoms with Crippen LogP contribution in [0.1, 0.15) is 59.7 Å². The molecule has 2 aromatic carbocycles. The van der Waals surface area contributed by atoms with Crippen molar-refractivity contribution < 1.29 is 14.3 Å². The lowest BCUT2D eigenvalue weighted by Gasteiger charge is -2.28. The van der Waals surface area contributed by atoms with Crippen LogP contribution in [0.5, 0.6) is 0 Å². The number of carbonyl (C=O) groups excluding carboxylic acids is 2. The molecule has 0 amide bonds. The van der Waals surface area contributed by atoms with Crippen LogP contribution in [0.4, 0.5) is 0 Å². The van der Waals surface area contributed by atoms with Crippen LogP contribution >= 0.6 is 0 Å². The van der Waals surface area contributed by atoms with Gasteiger partial charge in [0.05, 0.1) is 5.56 Å². The number of ether oxygens (including phenoxy) is 1. The number of hydrogen-bond donors (Lipinski definition) is 0. The SMILES string of the molecule is CCC1(OC(=O)c2ccc(C=O)c3ccccc23)CCCC1. The van der Waals surface area contributed by atoms with E-state index in [1.807, 2.05) is 24.3 Å². The molecular formula is C19H20O3. The van der Waals surface area contributed by atoms with E-state index >= 15 is 0 Å². The van der Waals surface area contributed by atoms with Crippen LogP contribution in [0.3, 0.4) is 0 Å². The van der Waals surface area contributed by atoms with E-state index in [0.717, 1.165) is 49.2 Å². The third kappa shape index (κ3) is 2.52. The van der Waals surface area contributed by atoms with Gasteiger partial charge in [-0.2, -0.15) is 0 Å². The predicted molar refractivity (Wildman–Crippen MR) is 86.2 cm³/mol. The van der Waals surface area contributed by atoms with E-state index in [0.29, 0.717) is 11.1 Å². The molecule has 0 aromatic heterocycles. The lowest BCUT2D eigenvalue weighted by atomic mass is 9.97. The van der Waals surface area contributed by atoms with Crippen molar-refractivity contribution in [1.82, 2.24) is 0 Å². The first-order valence-corrected chi connectivity index (χ1v) is 7.89. The molecule has 1 saturated carbocycles. The zero-order valence-electron chi connectivity index (χ0n) is 12.8. The molecule has 1 aliphatic carbocycles. The Bertz CT molecular complexity index is 712. The normalized spacial score (nSPS) is 16.6. The molecule has 0 unspecified atom stereocenters. The zero-order chi connectivity index (χ0) is 15.6. The van der Waals surface area contributed by atoms with Gasteiger partial charge in [-0.15, -0.1) is 0 Å². The van der Waals surface area contributed by atoms with Crippen LogP contribution in [0.15, 0.2) is 36.4 Å². The maximum atomic E-state index is 12.7. The Hall–Kier alpha value is -2.16. The van der Waals surface area contributed by atoms with Crippen molar-refractivity contribution in [2.24, 2.45) is 0 Å². The Morgan fingerprint density at radius 3 is 2.45 bits per heavy atom. The fourth-order valence-corrected chi connectivity index (χ4v) is 3.40. The van der Waals surface area contributed by atoms with E-state index < -0.39 is 0 Å². The van der Waals surface area contributed by atoms with Gasteiger partial charge >= 0.3 is 5.97 Å². The summed E-state index contributed by atoms with van der Waals surface area (Å²) in [7, 11) is 0. The van der Waals surface area contributed by atoms with Crippen LogP contribution < -0.4 is 0 Å². The lowest BCUT2D eigenvalue weighted by Crippen LogP contribution is -2.31. The van der Waals surface area contributed by atoms with Gasteiger partial charge in [-0.1, -0.05) is 37.3 Å². The second kappa shape index (κ2) is 5.91. The molecule has 0 atom stereocenters. The van der Waals surface area contributed by atoms with Gasteiger partial charge < -0.3 is 4.74 Å². The van der Waals surface area contributed by atoms with E-state index in [4.69, 9.17) is 4.74 Å². The largest absolute Gasteiger partial charge is 0.455 e. The molecule has 0 bridgehead atoms. The first kappa shape index (κ1) is 14.8. The molecule has 0 aliphatic heterocycles. The highest BCUT2D eigenvalue weighted by molar-refractivity contribution is 6.09. The zero-order valence-corrected chi connectivity index (χ0v) is 12.8. The van der Waals surface area contributed by atoms with Crippen molar-refractivity contribution in [2.45, 2.75) is 44.6 Å². The summed E-state index contributed by atoms with van der Waals surface area (Å²) in [5.41, 5.74) is 0.834. The van der Waals surface area contributed by atoms with Crippen molar-refractivity contribution >= 4 is 23.0 Å². The van der Waals surface area contributed by atoms with Crippen LogP contribution in [0, 0.1) is 0 Å². The van der Waals surface area contributed by atoms with E-state index in [1.54, 1.807) is 12.1 Å². The average Bonchev–Trinajstić information content (AvgIpc) is 3.02. The molecule has 3 heteroatoms. The van der Waals surface area contributed by atoms with E-state index in [-0.39, 0.29) is 11.6 Å². The van der Waals surface area contributed by atoms with Crippen LogP contribution in [0.25, 0.3) is 10.8 Å². The van der Waals surface area contributed by atoms with Crippen LogP contribution in [-0.4, -0.2) is 17.9 Å². The topological polar surface area (TPSA) is 43.4 Å². The predicted octanol–water partition coefficient (Wildman–Crippen LogP) is 4.53. The summed E-state index contributed by atoms with van der Waals surface area (Å²) in [4.78, 5) is 23.8. The summed E-state index contributed by atoms with van der Waals surface area (Å²) in [5.74, 6) is -0.280. The van der Waals surface area contributed by atoms with Gasteiger partial charge in [-0.25, -0.2) is 4.79 Å². The molecule has 1 fully saturated rings. The minimum Gasteiger partial charge on any atom is -0.455 e. The van der Waals surface area contributed by atoms with Crippen molar-refractivity contribution in [3.05, 3.63) is 47.5 Å². The summed E-state index contributed by atoms with van der Waals surface area (Å²) in [6.45, 7) is 2.08. The van der Waals surface area contributed by atoms with Crippen molar-refractivity contribution in [3.63, 3.8) is 0 Å². The first-order valence-electron chi connectivity index (χ1n) is 7.89. The quantitative estimate of drug-likeness (QED) is 0.615. The Morgan fingerprint density at radius 1 is 1.14 bits per heavy atom. The third-order valence-corrected chi connectivity index (χ3v) is 4.77. The fraction of sp³-hybridized carbons (Fsp3) is 0.368. The number of carbonyl (C=O) groups is 2. The summed E-state index contributed by atoms with van der Waals surface area (Å²) in [6, 6.07) is 10.9.